The fourth-order valence-corrected chi connectivity index (χ4v) is 1.90. The van der Waals surface area contributed by atoms with Crippen molar-refractivity contribution in [2.45, 2.75) is 19.3 Å². The second kappa shape index (κ2) is 3.28. The van der Waals surface area contributed by atoms with E-state index in [1.54, 1.807) is 0 Å². The van der Waals surface area contributed by atoms with Crippen molar-refractivity contribution in [3.05, 3.63) is 6.07 Å². The lowest BCUT2D eigenvalue weighted by molar-refractivity contribution is 0.561. The minimum absolute atomic E-state index is 0.614. The van der Waals surface area contributed by atoms with Gasteiger partial charge in [-0.1, -0.05) is 0 Å². The van der Waals surface area contributed by atoms with Crippen molar-refractivity contribution in [1.82, 2.24) is 9.78 Å². The lowest BCUT2D eigenvalue weighted by Gasteiger charge is -2.28. The van der Waals surface area contributed by atoms with Crippen LogP contribution in [0.3, 0.4) is 0 Å². The van der Waals surface area contributed by atoms with Crippen LogP contribution in [-0.4, -0.2) is 22.9 Å². The third kappa shape index (κ3) is 1.61. The molecule has 0 unspecified atom stereocenters. The van der Waals surface area contributed by atoms with E-state index in [9.17, 15) is 0 Å². The maximum Gasteiger partial charge on any atom is 0.147 e. The largest absolute Gasteiger partial charge is 0.382 e. The number of aromatic nitrogens is 2. The van der Waals surface area contributed by atoms with E-state index in [1.165, 1.54) is 19.3 Å². The van der Waals surface area contributed by atoms with Crippen LogP contribution in [0.15, 0.2) is 6.07 Å². The Bertz CT molecular complexity index is 286. The van der Waals surface area contributed by atoms with Crippen molar-refractivity contribution >= 4 is 11.6 Å². The Morgan fingerprint density at radius 3 is 2.54 bits per heavy atom. The molecule has 0 aliphatic carbocycles. The lowest BCUT2D eigenvalue weighted by atomic mass is 10.1. The van der Waals surface area contributed by atoms with Crippen LogP contribution in [0, 0.1) is 0 Å². The van der Waals surface area contributed by atoms with Crippen LogP contribution in [0.1, 0.15) is 19.3 Å². The molecule has 0 bridgehead atoms. The second-order valence-corrected chi connectivity index (χ2v) is 3.60. The summed E-state index contributed by atoms with van der Waals surface area (Å²) in [5.41, 5.74) is 5.63. The van der Waals surface area contributed by atoms with E-state index in [1.807, 2.05) is 17.8 Å². The monoisotopic (exact) mass is 180 g/mol. The number of rotatable bonds is 1. The SMILES string of the molecule is Cn1nc(N)cc1N1CCCCC1. The number of aryl methyl sites for hydroxylation is 1. The zero-order valence-corrected chi connectivity index (χ0v) is 8.03. The topological polar surface area (TPSA) is 47.1 Å². The molecule has 1 fully saturated rings. The zero-order valence-electron chi connectivity index (χ0n) is 8.03. The van der Waals surface area contributed by atoms with Crippen LogP contribution in [0.25, 0.3) is 0 Å². The summed E-state index contributed by atoms with van der Waals surface area (Å²) in [5.74, 6) is 1.76. The predicted molar refractivity (Wildman–Crippen MR) is 53.7 cm³/mol. The van der Waals surface area contributed by atoms with Gasteiger partial charge in [-0.25, -0.2) is 0 Å². The maximum absolute atomic E-state index is 5.63. The fraction of sp³-hybridized carbons (Fsp3) is 0.667. The van der Waals surface area contributed by atoms with Crippen LogP contribution < -0.4 is 10.6 Å². The molecule has 1 aromatic heterocycles. The highest BCUT2D eigenvalue weighted by molar-refractivity contribution is 5.48. The molecule has 1 aliphatic heterocycles. The van der Waals surface area contributed by atoms with Gasteiger partial charge >= 0.3 is 0 Å². The molecule has 0 spiro atoms. The number of nitrogen functional groups attached to an aromatic ring is 1. The zero-order chi connectivity index (χ0) is 9.26. The van der Waals surface area contributed by atoms with Crippen LogP contribution in [-0.2, 0) is 7.05 Å². The van der Waals surface area contributed by atoms with Crippen molar-refractivity contribution in [2.24, 2.45) is 7.05 Å². The number of nitrogens with two attached hydrogens (primary N) is 1. The molecular formula is C9H16N4. The van der Waals surface area contributed by atoms with Crippen LogP contribution in [0.2, 0.25) is 0 Å². The highest BCUT2D eigenvalue weighted by Gasteiger charge is 2.14. The molecule has 2 rings (SSSR count). The maximum atomic E-state index is 5.63. The average molecular weight is 180 g/mol. The number of anilines is 2. The fourth-order valence-electron chi connectivity index (χ4n) is 1.90. The third-order valence-corrected chi connectivity index (χ3v) is 2.55. The first-order valence-corrected chi connectivity index (χ1v) is 4.82. The molecule has 13 heavy (non-hydrogen) atoms. The van der Waals surface area contributed by atoms with Crippen molar-refractivity contribution < 1.29 is 0 Å². The standard InChI is InChI=1S/C9H16N4/c1-12-9(7-8(10)11-12)13-5-3-2-4-6-13/h7H,2-6H2,1H3,(H2,10,11). The Morgan fingerprint density at radius 1 is 1.31 bits per heavy atom. The quantitative estimate of drug-likeness (QED) is 0.701. The van der Waals surface area contributed by atoms with Gasteiger partial charge in [-0.05, 0) is 19.3 Å². The molecule has 4 heteroatoms. The number of hydrogen-bond acceptors (Lipinski definition) is 3. The van der Waals surface area contributed by atoms with Gasteiger partial charge in [0.2, 0.25) is 0 Å². The van der Waals surface area contributed by atoms with Gasteiger partial charge in [0.25, 0.3) is 0 Å². The van der Waals surface area contributed by atoms with Gasteiger partial charge in [0.1, 0.15) is 11.6 Å². The molecule has 1 aromatic rings. The number of nitrogens with zero attached hydrogens (tertiary/aromatic N) is 3. The molecule has 0 amide bonds. The molecule has 72 valence electrons. The van der Waals surface area contributed by atoms with Crippen LogP contribution in [0.4, 0.5) is 11.6 Å². The summed E-state index contributed by atoms with van der Waals surface area (Å²) >= 11 is 0. The first-order chi connectivity index (χ1) is 6.27. The Morgan fingerprint density at radius 2 is 2.00 bits per heavy atom. The first-order valence-electron chi connectivity index (χ1n) is 4.82. The Kier molecular flexibility index (Phi) is 2.12. The summed E-state index contributed by atoms with van der Waals surface area (Å²) < 4.78 is 1.86. The van der Waals surface area contributed by atoms with Gasteiger partial charge in [0.05, 0.1) is 0 Å². The normalized spacial score (nSPS) is 17.8. The van der Waals surface area contributed by atoms with Gasteiger partial charge < -0.3 is 10.6 Å². The van der Waals surface area contributed by atoms with Crippen molar-refractivity contribution in [3.8, 4) is 0 Å². The Balaban J connectivity index is 2.18. The van der Waals surface area contributed by atoms with Gasteiger partial charge in [-0.2, -0.15) is 5.10 Å². The van der Waals surface area contributed by atoms with Gasteiger partial charge in [0.15, 0.2) is 0 Å². The van der Waals surface area contributed by atoms with Crippen LogP contribution >= 0.6 is 0 Å². The van der Waals surface area contributed by atoms with E-state index >= 15 is 0 Å². The summed E-state index contributed by atoms with van der Waals surface area (Å²) in [4.78, 5) is 2.35. The predicted octanol–water partition coefficient (Wildman–Crippen LogP) is 0.993. The van der Waals surface area contributed by atoms with Gasteiger partial charge in [-0.3, -0.25) is 4.68 Å². The van der Waals surface area contributed by atoms with Crippen molar-refractivity contribution in [1.29, 1.82) is 0 Å². The average Bonchev–Trinajstić information content (AvgIpc) is 2.47. The van der Waals surface area contributed by atoms with E-state index in [0.717, 1.165) is 18.9 Å². The molecule has 0 atom stereocenters. The number of hydrogen-bond donors (Lipinski definition) is 1. The van der Waals surface area contributed by atoms with Gasteiger partial charge in [-0.15, -0.1) is 0 Å². The summed E-state index contributed by atoms with van der Waals surface area (Å²) in [5, 5.41) is 4.14. The minimum Gasteiger partial charge on any atom is -0.382 e. The van der Waals surface area contributed by atoms with E-state index in [2.05, 4.69) is 10.00 Å². The summed E-state index contributed by atoms with van der Waals surface area (Å²) in [6.45, 7) is 2.28. The number of piperidine rings is 1. The molecule has 1 aliphatic rings. The molecular weight excluding hydrogens is 164 g/mol. The van der Waals surface area contributed by atoms with E-state index in [4.69, 9.17) is 5.73 Å². The second-order valence-electron chi connectivity index (χ2n) is 3.60. The Labute approximate surface area is 78.3 Å². The minimum atomic E-state index is 0.614. The lowest BCUT2D eigenvalue weighted by Crippen LogP contribution is -2.30. The van der Waals surface area contributed by atoms with E-state index in [0.29, 0.717) is 5.82 Å². The summed E-state index contributed by atoms with van der Waals surface area (Å²) in [7, 11) is 1.94. The molecule has 0 radical (unpaired) electrons. The van der Waals surface area contributed by atoms with E-state index in [-0.39, 0.29) is 0 Å². The van der Waals surface area contributed by atoms with Crippen LogP contribution in [0.5, 0.6) is 0 Å². The summed E-state index contributed by atoms with van der Waals surface area (Å²) in [6.07, 6.45) is 3.92. The molecule has 2 heterocycles. The van der Waals surface area contributed by atoms with Crippen molar-refractivity contribution in [2.75, 3.05) is 23.7 Å². The Hall–Kier alpha value is -1.19. The molecule has 2 N–H and O–H groups in total. The molecule has 4 nitrogen and oxygen atoms in total. The van der Waals surface area contributed by atoms with E-state index < -0.39 is 0 Å². The highest BCUT2D eigenvalue weighted by atomic mass is 15.4. The third-order valence-electron chi connectivity index (χ3n) is 2.55. The molecule has 1 saturated heterocycles. The van der Waals surface area contributed by atoms with Gasteiger partial charge in [0, 0.05) is 26.2 Å². The first kappa shape index (κ1) is 8.41. The summed E-state index contributed by atoms with van der Waals surface area (Å²) in [6, 6.07) is 1.95. The molecule has 0 saturated carbocycles. The smallest absolute Gasteiger partial charge is 0.147 e. The highest BCUT2D eigenvalue weighted by Crippen LogP contribution is 2.20. The molecule has 0 aromatic carbocycles. The van der Waals surface area contributed by atoms with Crippen molar-refractivity contribution in [3.63, 3.8) is 0 Å².